The van der Waals surface area contributed by atoms with Crippen molar-refractivity contribution in [2.24, 2.45) is 5.92 Å². The van der Waals surface area contributed by atoms with E-state index in [-0.39, 0.29) is 0 Å². The highest BCUT2D eigenvalue weighted by Crippen LogP contribution is 2.19. The lowest BCUT2D eigenvalue weighted by atomic mass is 10.1. The first-order valence-electron chi connectivity index (χ1n) is 5.61. The molecule has 0 spiro atoms. The molecule has 0 bridgehead atoms. The number of unbranched alkanes of at least 4 members (excludes halogenated alkanes) is 3. The number of hydrogen-bond donors (Lipinski definition) is 0. The highest BCUT2D eigenvalue weighted by atomic mass is 35.5. The molecule has 14 heavy (non-hydrogen) atoms. The molecule has 1 unspecified atom stereocenters. The molecule has 0 aromatic rings. The summed E-state index contributed by atoms with van der Waals surface area (Å²) in [6.45, 7) is 4.02. The van der Waals surface area contributed by atoms with Crippen LogP contribution in [0.5, 0.6) is 0 Å². The maximum absolute atomic E-state index is 11.5. The fourth-order valence-electron chi connectivity index (χ4n) is 1.90. The first kappa shape index (κ1) is 11.8. The summed E-state index contributed by atoms with van der Waals surface area (Å²) in [5, 5.41) is 0. The van der Waals surface area contributed by atoms with Crippen LogP contribution < -0.4 is 0 Å². The third-order valence-corrected chi connectivity index (χ3v) is 3.23. The van der Waals surface area contributed by atoms with E-state index in [2.05, 4.69) is 6.92 Å². The monoisotopic (exact) mass is 217 g/mol. The van der Waals surface area contributed by atoms with E-state index in [0.29, 0.717) is 24.1 Å². The van der Waals surface area contributed by atoms with Gasteiger partial charge in [0.15, 0.2) is 0 Å². The highest BCUT2D eigenvalue weighted by molar-refractivity contribution is 6.18. The molecule has 2 nitrogen and oxygen atoms in total. The van der Waals surface area contributed by atoms with Gasteiger partial charge in [0.1, 0.15) is 0 Å². The van der Waals surface area contributed by atoms with Gasteiger partial charge in [-0.2, -0.15) is 0 Å². The molecule has 1 saturated heterocycles. The Hall–Kier alpha value is -0.240. The number of amides is 1. The molecule has 0 aromatic heterocycles. The third-order valence-electron chi connectivity index (χ3n) is 2.79. The Morgan fingerprint density at radius 3 is 2.79 bits per heavy atom. The zero-order chi connectivity index (χ0) is 10.4. The quantitative estimate of drug-likeness (QED) is 0.495. The van der Waals surface area contributed by atoms with Gasteiger partial charge in [-0.05, 0) is 12.3 Å². The van der Waals surface area contributed by atoms with Gasteiger partial charge in [-0.3, -0.25) is 4.79 Å². The fourth-order valence-corrected chi connectivity index (χ4v) is 2.11. The minimum atomic E-state index is 0.298. The number of rotatable bonds is 6. The van der Waals surface area contributed by atoms with Gasteiger partial charge in [0.2, 0.25) is 5.91 Å². The van der Waals surface area contributed by atoms with Crippen molar-refractivity contribution < 1.29 is 4.79 Å². The molecule has 1 rings (SSSR count). The lowest BCUT2D eigenvalue weighted by Gasteiger charge is -2.15. The summed E-state index contributed by atoms with van der Waals surface area (Å²) in [4.78, 5) is 13.4. The molecular weight excluding hydrogens is 198 g/mol. The van der Waals surface area contributed by atoms with Crippen molar-refractivity contribution in [1.29, 1.82) is 0 Å². The number of alkyl halides is 1. The van der Waals surface area contributed by atoms with Crippen molar-refractivity contribution in [3.05, 3.63) is 0 Å². The summed E-state index contributed by atoms with van der Waals surface area (Å²) in [6.07, 6.45) is 5.58. The zero-order valence-electron chi connectivity index (χ0n) is 8.97. The molecule has 1 atom stereocenters. The van der Waals surface area contributed by atoms with Crippen molar-refractivity contribution in [2.75, 3.05) is 19.0 Å². The fraction of sp³-hybridized carbons (Fsp3) is 0.909. The van der Waals surface area contributed by atoms with Gasteiger partial charge in [-0.25, -0.2) is 0 Å². The topological polar surface area (TPSA) is 20.3 Å². The Balaban J connectivity index is 2.15. The number of likely N-dealkylation sites (tertiary alicyclic amines) is 1. The van der Waals surface area contributed by atoms with Gasteiger partial charge in [-0.15, -0.1) is 11.6 Å². The van der Waals surface area contributed by atoms with Crippen molar-refractivity contribution in [3.8, 4) is 0 Å². The van der Waals surface area contributed by atoms with E-state index in [1.165, 1.54) is 19.3 Å². The molecule has 1 heterocycles. The van der Waals surface area contributed by atoms with Crippen LogP contribution in [-0.4, -0.2) is 29.8 Å². The second-order valence-electron chi connectivity index (χ2n) is 4.12. The molecule has 1 fully saturated rings. The Kier molecular flexibility index (Phi) is 5.31. The number of carbonyl (C=O) groups excluding carboxylic acids is 1. The smallest absolute Gasteiger partial charge is 0.222 e. The SMILES string of the molecule is CCCCCCN1CC(CCl)CC1=O. The lowest BCUT2D eigenvalue weighted by molar-refractivity contribution is -0.127. The lowest BCUT2D eigenvalue weighted by Crippen LogP contribution is -2.26. The Bertz CT molecular complexity index is 184. The van der Waals surface area contributed by atoms with Crippen LogP contribution in [0.3, 0.4) is 0 Å². The maximum atomic E-state index is 11.5. The number of nitrogens with zero attached hydrogens (tertiary/aromatic N) is 1. The maximum Gasteiger partial charge on any atom is 0.222 e. The summed E-state index contributed by atoms with van der Waals surface area (Å²) < 4.78 is 0. The molecule has 0 N–H and O–H groups in total. The van der Waals surface area contributed by atoms with Gasteiger partial charge in [-0.1, -0.05) is 26.2 Å². The van der Waals surface area contributed by atoms with E-state index < -0.39 is 0 Å². The summed E-state index contributed by atoms with van der Waals surface area (Å²) in [7, 11) is 0. The number of carbonyl (C=O) groups is 1. The minimum Gasteiger partial charge on any atom is -0.342 e. The molecule has 0 aromatic carbocycles. The molecule has 0 aliphatic carbocycles. The molecule has 82 valence electrons. The summed E-state index contributed by atoms with van der Waals surface area (Å²) in [5.74, 6) is 1.32. The Morgan fingerprint density at radius 2 is 2.21 bits per heavy atom. The van der Waals surface area contributed by atoms with E-state index >= 15 is 0 Å². The predicted octanol–water partition coefficient (Wildman–Crippen LogP) is 2.65. The average molecular weight is 218 g/mol. The largest absolute Gasteiger partial charge is 0.342 e. The van der Waals surface area contributed by atoms with E-state index in [0.717, 1.165) is 19.5 Å². The van der Waals surface area contributed by atoms with E-state index in [1.54, 1.807) is 0 Å². The van der Waals surface area contributed by atoms with E-state index in [4.69, 9.17) is 11.6 Å². The Labute approximate surface area is 91.6 Å². The van der Waals surface area contributed by atoms with Gasteiger partial charge < -0.3 is 4.90 Å². The van der Waals surface area contributed by atoms with Crippen LogP contribution in [0, 0.1) is 5.92 Å². The van der Waals surface area contributed by atoms with E-state index in [1.807, 2.05) is 4.90 Å². The van der Waals surface area contributed by atoms with Crippen molar-refractivity contribution >= 4 is 17.5 Å². The van der Waals surface area contributed by atoms with Crippen LogP contribution in [0.1, 0.15) is 39.0 Å². The van der Waals surface area contributed by atoms with E-state index in [9.17, 15) is 4.79 Å². The molecule has 1 aliphatic rings. The summed E-state index contributed by atoms with van der Waals surface area (Å²) in [6, 6.07) is 0. The molecule has 1 amide bonds. The average Bonchev–Trinajstić information content (AvgIpc) is 2.54. The molecule has 0 radical (unpaired) electrons. The van der Waals surface area contributed by atoms with Gasteiger partial charge in [0.05, 0.1) is 0 Å². The summed E-state index contributed by atoms with van der Waals surface area (Å²) >= 11 is 5.74. The van der Waals surface area contributed by atoms with Crippen molar-refractivity contribution in [3.63, 3.8) is 0 Å². The standard InChI is InChI=1S/C11H20ClNO/c1-2-3-4-5-6-13-9-10(8-12)7-11(13)14/h10H,2-9H2,1H3. The zero-order valence-corrected chi connectivity index (χ0v) is 9.72. The molecule has 1 aliphatic heterocycles. The van der Waals surface area contributed by atoms with Crippen LogP contribution in [-0.2, 0) is 4.79 Å². The van der Waals surface area contributed by atoms with Crippen LogP contribution in [0.4, 0.5) is 0 Å². The van der Waals surface area contributed by atoms with Gasteiger partial charge in [0.25, 0.3) is 0 Å². The second-order valence-corrected chi connectivity index (χ2v) is 4.43. The number of halogens is 1. The predicted molar refractivity (Wildman–Crippen MR) is 59.5 cm³/mol. The first-order chi connectivity index (χ1) is 6.77. The summed E-state index contributed by atoms with van der Waals surface area (Å²) in [5.41, 5.74) is 0. The minimum absolute atomic E-state index is 0.298. The van der Waals surface area contributed by atoms with Gasteiger partial charge >= 0.3 is 0 Å². The van der Waals surface area contributed by atoms with Crippen LogP contribution >= 0.6 is 11.6 Å². The first-order valence-corrected chi connectivity index (χ1v) is 6.15. The molecule has 0 saturated carbocycles. The highest BCUT2D eigenvalue weighted by Gasteiger charge is 2.27. The van der Waals surface area contributed by atoms with Gasteiger partial charge in [0, 0.05) is 25.4 Å². The van der Waals surface area contributed by atoms with Crippen LogP contribution in [0.15, 0.2) is 0 Å². The second kappa shape index (κ2) is 6.28. The van der Waals surface area contributed by atoms with Crippen LogP contribution in [0.2, 0.25) is 0 Å². The number of hydrogen-bond acceptors (Lipinski definition) is 1. The third kappa shape index (κ3) is 3.49. The molecule has 3 heteroatoms. The Morgan fingerprint density at radius 1 is 1.43 bits per heavy atom. The molecular formula is C11H20ClNO. The van der Waals surface area contributed by atoms with Crippen molar-refractivity contribution in [1.82, 2.24) is 4.90 Å². The van der Waals surface area contributed by atoms with Crippen molar-refractivity contribution in [2.45, 2.75) is 39.0 Å². The normalized spacial score (nSPS) is 22.0. The van der Waals surface area contributed by atoms with Crippen LogP contribution in [0.25, 0.3) is 0 Å².